The predicted molar refractivity (Wildman–Crippen MR) is 122 cm³/mol. The molecule has 1 aromatic heterocycles. The molecule has 0 saturated carbocycles. The first-order valence-electron chi connectivity index (χ1n) is 10.9. The first-order chi connectivity index (χ1) is 15.1. The number of piperidine rings is 1. The van der Waals surface area contributed by atoms with E-state index < -0.39 is 0 Å². The van der Waals surface area contributed by atoms with Crippen LogP contribution in [0.1, 0.15) is 23.6 Å². The maximum Gasteiger partial charge on any atom is 0.250 e. The predicted octanol–water partition coefficient (Wildman–Crippen LogP) is 4.15. The van der Waals surface area contributed by atoms with Gasteiger partial charge in [-0.15, -0.1) is 0 Å². The lowest BCUT2D eigenvalue weighted by molar-refractivity contribution is 0.115. The number of pyridine rings is 1. The maximum atomic E-state index is 12.7. The molecule has 160 valence electrons. The van der Waals surface area contributed by atoms with E-state index in [2.05, 4.69) is 29.2 Å². The van der Waals surface area contributed by atoms with E-state index in [0.29, 0.717) is 11.8 Å². The van der Waals surface area contributed by atoms with E-state index in [1.165, 1.54) is 11.3 Å². The van der Waals surface area contributed by atoms with Crippen molar-refractivity contribution in [2.24, 2.45) is 5.92 Å². The molecule has 0 spiro atoms. The summed E-state index contributed by atoms with van der Waals surface area (Å²) in [6.45, 7) is 3.72. The van der Waals surface area contributed by atoms with Gasteiger partial charge in [-0.2, -0.15) is 0 Å². The number of fused-ring (bicyclic) bond motifs is 4. The lowest BCUT2D eigenvalue weighted by atomic mass is 9.80. The Morgan fingerprint density at radius 2 is 1.52 bits per heavy atom. The molecular weight excluding hydrogens is 388 g/mol. The molecular formula is C26H28N2O3. The van der Waals surface area contributed by atoms with Crippen LogP contribution >= 0.6 is 0 Å². The van der Waals surface area contributed by atoms with Gasteiger partial charge in [-0.3, -0.25) is 9.69 Å². The van der Waals surface area contributed by atoms with Crippen molar-refractivity contribution in [2.45, 2.75) is 25.4 Å². The third-order valence-electron chi connectivity index (χ3n) is 6.63. The van der Waals surface area contributed by atoms with Gasteiger partial charge in [-0.1, -0.05) is 24.3 Å². The average Bonchev–Trinajstić information content (AvgIpc) is 2.80. The van der Waals surface area contributed by atoms with Gasteiger partial charge in [-0.05, 0) is 53.8 Å². The molecule has 5 heteroatoms. The van der Waals surface area contributed by atoms with Crippen LogP contribution in [0.5, 0.6) is 11.5 Å². The van der Waals surface area contributed by atoms with Crippen molar-refractivity contribution in [3.8, 4) is 22.6 Å². The molecule has 5 rings (SSSR count). The zero-order valence-corrected chi connectivity index (χ0v) is 18.1. The second-order valence-corrected chi connectivity index (χ2v) is 8.65. The number of rotatable bonds is 5. The van der Waals surface area contributed by atoms with Crippen molar-refractivity contribution in [1.82, 2.24) is 9.47 Å². The maximum absolute atomic E-state index is 12.7. The Balaban J connectivity index is 1.45. The third kappa shape index (κ3) is 3.86. The van der Waals surface area contributed by atoms with E-state index in [0.717, 1.165) is 55.2 Å². The van der Waals surface area contributed by atoms with Crippen LogP contribution in [-0.2, 0) is 13.1 Å². The van der Waals surface area contributed by atoms with Crippen molar-refractivity contribution in [3.63, 3.8) is 0 Å². The number of aromatic nitrogens is 1. The Morgan fingerprint density at radius 1 is 0.839 bits per heavy atom. The number of hydrogen-bond acceptors (Lipinski definition) is 4. The zero-order valence-electron chi connectivity index (χ0n) is 18.1. The highest BCUT2D eigenvalue weighted by Gasteiger charge is 2.36. The van der Waals surface area contributed by atoms with Crippen LogP contribution in [0, 0.1) is 5.92 Å². The van der Waals surface area contributed by atoms with E-state index in [4.69, 9.17) is 9.47 Å². The lowest BCUT2D eigenvalue weighted by Gasteiger charge is -2.43. The van der Waals surface area contributed by atoms with Gasteiger partial charge in [0.05, 0.1) is 14.2 Å². The fourth-order valence-electron chi connectivity index (χ4n) is 5.25. The summed E-state index contributed by atoms with van der Waals surface area (Å²) < 4.78 is 12.6. The molecule has 3 heterocycles. The highest BCUT2D eigenvalue weighted by Crippen LogP contribution is 2.40. The van der Waals surface area contributed by atoms with Gasteiger partial charge in [0.2, 0.25) is 0 Å². The SMILES string of the molecule is COc1ccc(CN2C[C@H]3C[C@H](C2)c2c(-c4ccc(OC)cc4)ccc(=O)n2C3)cc1. The van der Waals surface area contributed by atoms with E-state index in [-0.39, 0.29) is 5.56 Å². The molecule has 0 N–H and O–H groups in total. The standard InChI is InChI=1S/C26H28N2O3/c1-30-22-7-3-18(4-8-22)14-27-15-19-13-21(17-27)26-24(11-12-25(29)28(26)16-19)20-5-9-23(31-2)10-6-20/h3-12,19,21H,13-17H2,1-2H3/t19-,21-/m1/s1. The molecule has 0 unspecified atom stereocenters. The summed E-state index contributed by atoms with van der Waals surface area (Å²) in [5, 5.41) is 0. The van der Waals surface area contributed by atoms with Crippen LogP contribution in [0.4, 0.5) is 0 Å². The van der Waals surface area contributed by atoms with Crippen molar-refractivity contribution in [2.75, 3.05) is 27.3 Å². The van der Waals surface area contributed by atoms with Gasteiger partial charge in [0.1, 0.15) is 11.5 Å². The smallest absolute Gasteiger partial charge is 0.250 e. The van der Waals surface area contributed by atoms with E-state index in [9.17, 15) is 4.79 Å². The summed E-state index contributed by atoms with van der Waals surface area (Å²) in [5.41, 5.74) is 4.90. The quantitative estimate of drug-likeness (QED) is 0.627. The van der Waals surface area contributed by atoms with E-state index in [1.54, 1.807) is 20.3 Å². The van der Waals surface area contributed by atoms with Crippen molar-refractivity contribution >= 4 is 0 Å². The molecule has 2 aromatic carbocycles. The van der Waals surface area contributed by atoms with Gasteiger partial charge >= 0.3 is 0 Å². The number of ether oxygens (including phenoxy) is 2. The van der Waals surface area contributed by atoms with Crippen LogP contribution in [0.15, 0.2) is 65.5 Å². The largest absolute Gasteiger partial charge is 0.497 e. The van der Waals surface area contributed by atoms with Gasteiger partial charge in [0.15, 0.2) is 0 Å². The molecule has 0 radical (unpaired) electrons. The molecule has 2 bridgehead atoms. The topological polar surface area (TPSA) is 43.7 Å². The van der Waals surface area contributed by atoms with Crippen LogP contribution in [-0.4, -0.2) is 36.8 Å². The Hall–Kier alpha value is -3.05. The Kier molecular flexibility index (Phi) is 5.28. The minimum Gasteiger partial charge on any atom is -0.497 e. The summed E-state index contributed by atoms with van der Waals surface area (Å²) in [7, 11) is 3.37. The number of hydrogen-bond donors (Lipinski definition) is 0. The van der Waals surface area contributed by atoms with E-state index in [1.807, 2.05) is 34.9 Å². The highest BCUT2D eigenvalue weighted by atomic mass is 16.5. The molecule has 3 aromatic rings. The monoisotopic (exact) mass is 416 g/mol. The van der Waals surface area contributed by atoms with Crippen molar-refractivity contribution < 1.29 is 9.47 Å². The number of benzene rings is 2. The normalized spacial score (nSPS) is 20.2. The molecule has 1 saturated heterocycles. The third-order valence-corrected chi connectivity index (χ3v) is 6.63. The van der Waals surface area contributed by atoms with Gasteiger partial charge < -0.3 is 14.0 Å². The molecule has 0 aliphatic carbocycles. The molecule has 5 nitrogen and oxygen atoms in total. The minimum atomic E-state index is 0.116. The van der Waals surface area contributed by atoms with Crippen LogP contribution in [0.2, 0.25) is 0 Å². The molecule has 2 atom stereocenters. The Morgan fingerprint density at radius 3 is 2.19 bits per heavy atom. The second-order valence-electron chi connectivity index (χ2n) is 8.65. The second kappa shape index (κ2) is 8.23. The van der Waals surface area contributed by atoms with Crippen LogP contribution in [0.25, 0.3) is 11.1 Å². The van der Waals surface area contributed by atoms with Crippen LogP contribution in [0.3, 0.4) is 0 Å². The summed E-state index contributed by atoms with van der Waals surface area (Å²) >= 11 is 0. The number of methoxy groups -OCH3 is 2. The summed E-state index contributed by atoms with van der Waals surface area (Å²) in [5.74, 6) is 2.59. The van der Waals surface area contributed by atoms with E-state index >= 15 is 0 Å². The summed E-state index contributed by atoms with van der Waals surface area (Å²) in [6.07, 6.45) is 1.14. The van der Waals surface area contributed by atoms with Gasteiger partial charge in [0.25, 0.3) is 5.56 Å². The minimum absolute atomic E-state index is 0.116. The fourth-order valence-corrected chi connectivity index (χ4v) is 5.25. The van der Waals surface area contributed by atoms with Gasteiger partial charge in [-0.25, -0.2) is 0 Å². The summed E-state index contributed by atoms with van der Waals surface area (Å²) in [6, 6.07) is 20.2. The first kappa shape index (κ1) is 19.9. The van der Waals surface area contributed by atoms with Crippen LogP contribution < -0.4 is 15.0 Å². The summed E-state index contributed by atoms with van der Waals surface area (Å²) in [4.78, 5) is 15.3. The molecule has 2 aliphatic heterocycles. The zero-order chi connectivity index (χ0) is 21.4. The van der Waals surface area contributed by atoms with Crippen molar-refractivity contribution in [3.05, 3.63) is 82.3 Å². The lowest BCUT2D eigenvalue weighted by Crippen LogP contribution is -2.47. The molecule has 0 amide bonds. The number of likely N-dealkylation sites (tertiary alicyclic amines) is 1. The van der Waals surface area contributed by atoms with Crippen molar-refractivity contribution in [1.29, 1.82) is 0 Å². The average molecular weight is 417 g/mol. The highest BCUT2D eigenvalue weighted by molar-refractivity contribution is 5.67. The van der Waals surface area contributed by atoms with Gasteiger partial charge in [0, 0.05) is 49.4 Å². The first-order valence-corrected chi connectivity index (χ1v) is 10.9. The fraction of sp³-hybridized carbons (Fsp3) is 0.346. The number of nitrogens with zero attached hydrogens (tertiary/aromatic N) is 2. The molecule has 1 fully saturated rings. The molecule has 31 heavy (non-hydrogen) atoms. The molecule has 2 aliphatic rings. The Labute approximate surface area is 182 Å². The Bertz CT molecular complexity index is 1120.